The smallest absolute Gasteiger partial charge is 0.306 e. The van der Waals surface area contributed by atoms with Crippen molar-refractivity contribution in [2.24, 2.45) is 5.92 Å². The number of amides is 1. The van der Waals surface area contributed by atoms with E-state index in [-0.39, 0.29) is 23.8 Å². The number of carboxylic acids is 1. The van der Waals surface area contributed by atoms with Gasteiger partial charge in [-0.25, -0.2) is 0 Å². The Morgan fingerprint density at radius 2 is 2.10 bits per heavy atom. The van der Waals surface area contributed by atoms with Crippen molar-refractivity contribution in [3.05, 3.63) is 17.0 Å². The Morgan fingerprint density at radius 3 is 2.71 bits per heavy atom. The molecule has 0 saturated heterocycles. The number of carbonyl (C=O) groups is 2. The van der Waals surface area contributed by atoms with E-state index < -0.39 is 5.97 Å². The van der Waals surface area contributed by atoms with Gasteiger partial charge in [-0.1, -0.05) is 25.4 Å². The Hall–Kier alpha value is -1.85. The van der Waals surface area contributed by atoms with Crippen LogP contribution >= 0.6 is 0 Å². The van der Waals surface area contributed by atoms with Crippen molar-refractivity contribution in [2.45, 2.75) is 58.4 Å². The topological polar surface area (TPSA) is 92.4 Å². The molecule has 2 unspecified atom stereocenters. The first-order chi connectivity index (χ1) is 9.90. The third-order valence-electron chi connectivity index (χ3n) is 4.00. The van der Waals surface area contributed by atoms with E-state index in [0.29, 0.717) is 29.9 Å². The molecule has 0 aliphatic heterocycles. The van der Waals surface area contributed by atoms with Gasteiger partial charge in [0.25, 0.3) is 5.91 Å². The highest BCUT2D eigenvalue weighted by molar-refractivity contribution is 5.96. The predicted molar refractivity (Wildman–Crippen MR) is 76.2 cm³/mol. The SMILES string of the molecule is Cc1noc(C(C)C)c1C(=O)NC1CCCC(C(=O)O)C1. The van der Waals surface area contributed by atoms with Crippen LogP contribution in [0.15, 0.2) is 4.52 Å². The largest absolute Gasteiger partial charge is 0.481 e. The van der Waals surface area contributed by atoms with Crippen LogP contribution in [0.3, 0.4) is 0 Å². The second kappa shape index (κ2) is 6.28. The number of carbonyl (C=O) groups excluding carboxylic acids is 1. The molecule has 2 atom stereocenters. The van der Waals surface area contributed by atoms with Crippen LogP contribution in [0.5, 0.6) is 0 Å². The molecular weight excluding hydrogens is 272 g/mol. The molecule has 116 valence electrons. The van der Waals surface area contributed by atoms with Gasteiger partial charge in [0.1, 0.15) is 5.56 Å². The second-order valence-corrected chi connectivity index (χ2v) is 6.03. The Labute approximate surface area is 123 Å². The molecule has 2 rings (SSSR count). The molecule has 21 heavy (non-hydrogen) atoms. The quantitative estimate of drug-likeness (QED) is 0.890. The fourth-order valence-electron chi connectivity index (χ4n) is 2.86. The number of hydrogen-bond acceptors (Lipinski definition) is 4. The summed E-state index contributed by atoms with van der Waals surface area (Å²) in [6.45, 7) is 5.63. The highest BCUT2D eigenvalue weighted by atomic mass is 16.5. The first-order valence-corrected chi connectivity index (χ1v) is 7.40. The van der Waals surface area contributed by atoms with E-state index in [4.69, 9.17) is 9.63 Å². The third-order valence-corrected chi connectivity index (χ3v) is 4.00. The lowest BCUT2D eigenvalue weighted by atomic mass is 9.85. The van der Waals surface area contributed by atoms with Crippen LogP contribution in [-0.4, -0.2) is 28.2 Å². The van der Waals surface area contributed by atoms with Crippen molar-refractivity contribution in [3.8, 4) is 0 Å². The third kappa shape index (κ3) is 3.43. The minimum absolute atomic E-state index is 0.0741. The van der Waals surface area contributed by atoms with Crippen LogP contribution < -0.4 is 5.32 Å². The van der Waals surface area contributed by atoms with E-state index in [0.717, 1.165) is 12.8 Å². The predicted octanol–water partition coefficient (Wildman–Crippen LogP) is 2.48. The molecular formula is C15H22N2O4. The Morgan fingerprint density at radius 1 is 1.38 bits per heavy atom. The number of nitrogens with one attached hydrogen (secondary N) is 1. The molecule has 0 radical (unpaired) electrons. The van der Waals surface area contributed by atoms with Crippen molar-refractivity contribution in [1.82, 2.24) is 10.5 Å². The lowest BCUT2D eigenvalue weighted by molar-refractivity contribution is -0.143. The van der Waals surface area contributed by atoms with E-state index in [1.54, 1.807) is 6.92 Å². The van der Waals surface area contributed by atoms with E-state index >= 15 is 0 Å². The fraction of sp³-hybridized carbons (Fsp3) is 0.667. The summed E-state index contributed by atoms with van der Waals surface area (Å²) >= 11 is 0. The number of aryl methyl sites for hydroxylation is 1. The molecule has 1 aromatic heterocycles. The van der Waals surface area contributed by atoms with Crippen molar-refractivity contribution in [3.63, 3.8) is 0 Å². The van der Waals surface area contributed by atoms with Gasteiger partial charge in [-0.2, -0.15) is 0 Å². The van der Waals surface area contributed by atoms with Gasteiger partial charge < -0.3 is 14.9 Å². The maximum Gasteiger partial charge on any atom is 0.306 e. The number of rotatable bonds is 4. The minimum atomic E-state index is -0.780. The van der Waals surface area contributed by atoms with Crippen LogP contribution in [0, 0.1) is 12.8 Å². The molecule has 1 saturated carbocycles. The maximum atomic E-state index is 12.4. The van der Waals surface area contributed by atoms with Crippen molar-refractivity contribution in [2.75, 3.05) is 0 Å². The summed E-state index contributed by atoms with van der Waals surface area (Å²) in [4.78, 5) is 23.5. The van der Waals surface area contributed by atoms with Crippen LogP contribution in [0.1, 0.15) is 67.3 Å². The molecule has 1 heterocycles. The molecule has 0 aromatic carbocycles. The number of nitrogens with zero attached hydrogens (tertiary/aromatic N) is 1. The van der Waals surface area contributed by atoms with Gasteiger partial charge in [0, 0.05) is 12.0 Å². The van der Waals surface area contributed by atoms with Gasteiger partial charge in [0.15, 0.2) is 5.76 Å². The number of carboxylic acid groups (broad SMARTS) is 1. The monoisotopic (exact) mass is 294 g/mol. The van der Waals surface area contributed by atoms with Crippen molar-refractivity contribution in [1.29, 1.82) is 0 Å². The summed E-state index contributed by atoms with van der Waals surface area (Å²) in [5.41, 5.74) is 1.06. The molecule has 1 aliphatic rings. The summed E-state index contributed by atoms with van der Waals surface area (Å²) in [5, 5.41) is 15.9. The summed E-state index contributed by atoms with van der Waals surface area (Å²) in [6.07, 6.45) is 2.81. The van der Waals surface area contributed by atoms with Crippen molar-refractivity contribution >= 4 is 11.9 Å². The zero-order valence-corrected chi connectivity index (χ0v) is 12.7. The van der Waals surface area contributed by atoms with Gasteiger partial charge in [-0.3, -0.25) is 9.59 Å². The van der Waals surface area contributed by atoms with E-state index in [2.05, 4.69) is 10.5 Å². The average molecular weight is 294 g/mol. The number of hydrogen-bond donors (Lipinski definition) is 2. The summed E-state index contributed by atoms with van der Waals surface area (Å²) in [6, 6.07) is -0.0957. The van der Waals surface area contributed by atoms with Crippen LogP contribution in [0.4, 0.5) is 0 Å². The summed E-state index contributed by atoms with van der Waals surface area (Å²) in [5.74, 6) is -0.704. The van der Waals surface area contributed by atoms with Gasteiger partial charge in [0.2, 0.25) is 0 Å². The summed E-state index contributed by atoms with van der Waals surface area (Å²) < 4.78 is 5.22. The highest BCUT2D eigenvalue weighted by Gasteiger charge is 2.30. The molecule has 1 aliphatic carbocycles. The van der Waals surface area contributed by atoms with Gasteiger partial charge in [0.05, 0.1) is 11.6 Å². The average Bonchev–Trinajstić information content (AvgIpc) is 2.81. The zero-order chi connectivity index (χ0) is 15.6. The second-order valence-electron chi connectivity index (χ2n) is 6.03. The first-order valence-electron chi connectivity index (χ1n) is 7.40. The van der Waals surface area contributed by atoms with Crippen LogP contribution in [0.2, 0.25) is 0 Å². The maximum absolute atomic E-state index is 12.4. The Kier molecular flexibility index (Phi) is 4.65. The van der Waals surface area contributed by atoms with Crippen LogP contribution in [-0.2, 0) is 4.79 Å². The zero-order valence-electron chi connectivity index (χ0n) is 12.7. The fourth-order valence-corrected chi connectivity index (χ4v) is 2.86. The van der Waals surface area contributed by atoms with E-state index in [1.165, 1.54) is 0 Å². The number of aliphatic carboxylic acids is 1. The lowest BCUT2D eigenvalue weighted by Gasteiger charge is -2.27. The Bertz CT molecular complexity index is 536. The number of aromatic nitrogens is 1. The van der Waals surface area contributed by atoms with Crippen LogP contribution in [0.25, 0.3) is 0 Å². The minimum Gasteiger partial charge on any atom is -0.481 e. The molecule has 1 amide bonds. The molecule has 6 nitrogen and oxygen atoms in total. The molecule has 0 spiro atoms. The normalized spacial score (nSPS) is 22.3. The highest BCUT2D eigenvalue weighted by Crippen LogP contribution is 2.26. The molecule has 1 fully saturated rings. The van der Waals surface area contributed by atoms with E-state index in [1.807, 2.05) is 13.8 Å². The van der Waals surface area contributed by atoms with Gasteiger partial charge >= 0.3 is 5.97 Å². The van der Waals surface area contributed by atoms with Gasteiger partial charge in [-0.15, -0.1) is 0 Å². The molecule has 6 heteroatoms. The van der Waals surface area contributed by atoms with Crippen molar-refractivity contribution < 1.29 is 19.2 Å². The molecule has 1 aromatic rings. The van der Waals surface area contributed by atoms with E-state index in [9.17, 15) is 9.59 Å². The first kappa shape index (κ1) is 15.5. The molecule has 2 N–H and O–H groups in total. The van der Waals surface area contributed by atoms with Gasteiger partial charge in [-0.05, 0) is 26.2 Å². The Balaban J connectivity index is 2.08. The standard InChI is InChI=1S/C15H22N2O4/c1-8(2)13-12(9(3)17-21-13)14(18)16-11-6-4-5-10(7-11)15(19)20/h8,10-11H,4-7H2,1-3H3,(H,16,18)(H,19,20). The molecule has 0 bridgehead atoms. The summed E-state index contributed by atoms with van der Waals surface area (Å²) in [7, 11) is 0. The lowest BCUT2D eigenvalue weighted by Crippen LogP contribution is -2.40.